The molecule has 2 aliphatic heterocycles. The molecule has 0 radical (unpaired) electrons. The molecule has 0 spiro atoms. The predicted octanol–water partition coefficient (Wildman–Crippen LogP) is -1.39. The van der Waals surface area contributed by atoms with Crippen LogP contribution in [0.3, 0.4) is 0 Å². The molecule has 0 aliphatic carbocycles. The maximum Gasteiger partial charge on any atom is 0.352 e. The fourth-order valence-electron chi connectivity index (χ4n) is 4.45. The van der Waals surface area contributed by atoms with Crippen LogP contribution in [0.25, 0.3) is 0 Å². The van der Waals surface area contributed by atoms with Crippen molar-refractivity contribution >= 4 is 63.5 Å². The Labute approximate surface area is 267 Å². The van der Waals surface area contributed by atoms with Gasteiger partial charge in [-0.3, -0.25) is 14.5 Å². The average Bonchev–Trinajstić information content (AvgIpc) is 3.45. The number of allylic oxidation sites excluding steroid dienone is 2. The van der Waals surface area contributed by atoms with Crippen LogP contribution in [-0.4, -0.2) is 76.8 Å². The van der Waals surface area contributed by atoms with Crippen molar-refractivity contribution in [3.05, 3.63) is 76.8 Å². The summed E-state index contributed by atoms with van der Waals surface area (Å²) in [5.74, 6) is -5.41. The Hall–Kier alpha value is -5.69. The van der Waals surface area contributed by atoms with Gasteiger partial charge in [-0.05, 0) is 28.8 Å². The lowest BCUT2D eigenvalue weighted by Gasteiger charge is -2.50. The molecule has 2 aromatic heterocycles. The van der Waals surface area contributed by atoms with E-state index in [9.17, 15) is 39.6 Å². The highest BCUT2D eigenvalue weighted by atomic mass is 32.2. The number of anilines is 2. The quantitative estimate of drug-likeness (QED) is 0.0451. The number of carbonyl (C=O) groups excluding carboxylic acids is 3. The highest BCUT2D eigenvalue weighted by molar-refractivity contribution is 8.00. The van der Waals surface area contributed by atoms with Gasteiger partial charge in [-0.15, -0.1) is 23.1 Å². The number of thioether (sulfide) groups is 1. The largest absolute Gasteiger partial charge is 0.543 e. The van der Waals surface area contributed by atoms with E-state index in [2.05, 4.69) is 20.4 Å². The van der Waals surface area contributed by atoms with Crippen LogP contribution in [-0.2, 0) is 30.6 Å². The van der Waals surface area contributed by atoms with Crippen molar-refractivity contribution in [2.45, 2.75) is 24.1 Å². The Bertz CT molecular complexity index is 1810. The first-order chi connectivity index (χ1) is 21.9. The van der Waals surface area contributed by atoms with Gasteiger partial charge in [0.2, 0.25) is 11.9 Å². The lowest BCUT2D eigenvalue weighted by Crippen LogP contribution is -2.71. The van der Waals surface area contributed by atoms with Crippen LogP contribution in [0.15, 0.2) is 70.7 Å². The molecule has 0 saturated carbocycles. The van der Waals surface area contributed by atoms with Crippen LogP contribution in [0.5, 0.6) is 11.5 Å². The van der Waals surface area contributed by atoms with Crippen LogP contribution in [0.4, 0.5) is 10.9 Å². The normalized spacial score (nSPS) is 18.6. The number of nitrogens with two attached hydrogens (primary N) is 2. The van der Waals surface area contributed by atoms with Crippen molar-refractivity contribution in [1.29, 1.82) is 0 Å². The number of nitrogens with zero attached hydrogens (tertiary/aromatic N) is 5. The molecule has 1 saturated heterocycles. The number of thiazole rings is 1. The zero-order valence-corrected chi connectivity index (χ0v) is 25.0. The Morgan fingerprint density at radius 3 is 2.67 bits per heavy atom. The number of amides is 2. The lowest BCUT2D eigenvalue weighted by molar-refractivity contribution is -0.689. The minimum Gasteiger partial charge on any atom is -0.543 e. The van der Waals surface area contributed by atoms with E-state index in [1.165, 1.54) is 29.5 Å². The molecule has 3 aromatic rings. The number of phenols is 2. The second-order valence-electron chi connectivity index (χ2n) is 9.69. The number of aromatic nitrogens is 3. The third-order valence-electron chi connectivity index (χ3n) is 6.66. The minimum atomic E-state index is -1.82. The number of carboxylic acid groups (broad SMARTS) is 2. The number of hydrogen-bond acceptors (Lipinski definition) is 15. The van der Waals surface area contributed by atoms with Gasteiger partial charge >= 0.3 is 5.97 Å². The number of phenolic OH excluding ortho intramolecular Hbond substituents is 2. The first kappa shape index (κ1) is 31.7. The van der Waals surface area contributed by atoms with Gasteiger partial charge in [0.25, 0.3) is 18.1 Å². The number of aromatic hydroxyl groups is 2. The first-order valence-electron chi connectivity index (χ1n) is 13.1. The molecule has 1 fully saturated rings. The number of rotatable bonds is 11. The van der Waals surface area contributed by atoms with Gasteiger partial charge in [0, 0.05) is 22.8 Å². The molecule has 46 heavy (non-hydrogen) atoms. The van der Waals surface area contributed by atoms with E-state index in [0.717, 1.165) is 28.4 Å². The maximum atomic E-state index is 13.4. The smallest absolute Gasteiger partial charge is 0.352 e. The zero-order valence-electron chi connectivity index (χ0n) is 23.3. The molecule has 19 heteroatoms. The molecule has 238 valence electrons. The Morgan fingerprint density at radius 2 is 2.04 bits per heavy atom. The topological polar surface area (TPSA) is 271 Å². The van der Waals surface area contributed by atoms with Crippen molar-refractivity contribution in [2.24, 2.45) is 5.16 Å². The van der Waals surface area contributed by atoms with E-state index in [-0.39, 0.29) is 27.8 Å². The Balaban J connectivity index is 1.34. The summed E-state index contributed by atoms with van der Waals surface area (Å²) in [7, 11) is 0. The summed E-state index contributed by atoms with van der Waals surface area (Å²) in [5, 5.41) is 47.9. The minimum absolute atomic E-state index is 0.0536. The van der Waals surface area contributed by atoms with Crippen molar-refractivity contribution in [2.75, 3.05) is 17.2 Å². The molecule has 5 rings (SSSR count). The number of nitrogen functional groups attached to an aromatic ring is 2. The number of carbonyl (C=O) groups is 4. The number of nitrogens with one attached hydrogen (secondary N) is 1. The van der Waals surface area contributed by atoms with Gasteiger partial charge in [-0.25, -0.2) is 14.3 Å². The summed E-state index contributed by atoms with van der Waals surface area (Å²) < 4.78 is 1.71. The van der Waals surface area contributed by atoms with Crippen molar-refractivity contribution in [3.8, 4) is 11.5 Å². The monoisotopic (exact) mass is 668 g/mol. The summed E-state index contributed by atoms with van der Waals surface area (Å²) in [5.41, 5.74) is 10.6. The van der Waals surface area contributed by atoms with Crippen molar-refractivity contribution in [1.82, 2.24) is 20.2 Å². The second kappa shape index (κ2) is 13.1. The van der Waals surface area contributed by atoms with Crippen LogP contribution in [0, 0.1) is 0 Å². The number of β-lactam (4-membered cyclic amide) rings is 1. The summed E-state index contributed by atoms with van der Waals surface area (Å²) in [6, 6.07) is 3.59. The zero-order chi connectivity index (χ0) is 33.1. The number of benzene rings is 1. The second-order valence-corrected chi connectivity index (χ2v) is 11.7. The van der Waals surface area contributed by atoms with Gasteiger partial charge in [-0.2, -0.15) is 0 Å². The average molecular weight is 669 g/mol. The van der Waals surface area contributed by atoms with Crippen molar-refractivity contribution < 1.29 is 49.0 Å². The molecule has 2 unspecified atom stereocenters. The van der Waals surface area contributed by atoms with Gasteiger partial charge in [0.1, 0.15) is 23.7 Å². The molecular weight excluding hydrogens is 644 g/mol. The highest BCUT2D eigenvalue weighted by Crippen LogP contribution is 2.40. The Kier molecular flexibility index (Phi) is 9.05. The summed E-state index contributed by atoms with van der Waals surface area (Å²) in [4.78, 5) is 64.8. The van der Waals surface area contributed by atoms with Crippen LogP contribution in [0.2, 0.25) is 0 Å². The first-order valence-corrected chi connectivity index (χ1v) is 15.0. The number of carboxylic acids is 2. The van der Waals surface area contributed by atoms with E-state index >= 15 is 0 Å². The SMILES string of the molecule is Nc1cc[n+](C/C=C/C2=C(C(=O)[O-])N3C(=O)C(NC(=O)/C(=N\OC(C(=O)O)c4ccc(O)c(O)c4)c4csc(N)n4)[C@H]3SC2)cn1. The van der Waals surface area contributed by atoms with Crippen LogP contribution < -0.4 is 26.5 Å². The number of aliphatic carboxylic acids is 2. The Morgan fingerprint density at radius 1 is 1.26 bits per heavy atom. The third-order valence-corrected chi connectivity index (χ3v) is 8.64. The molecule has 8 N–H and O–H groups in total. The molecule has 2 aliphatic rings. The highest BCUT2D eigenvalue weighted by Gasteiger charge is 2.53. The van der Waals surface area contributed by atoms with Gasteiger partial charge in [0.15, 0.2) is 22.3 Å². The third kappa shape index (κ3) is 6.54. The van der Waals surface area contributed by atoms with E-state index in [1.54, 1.807) is 29.0 Å². The molecular formula is C27H24N8O9S2. The van der Waals surface area contributed by atoms with E-state index in [4.69, 9.17) is 16.3 Å². The summed E-state index contributed by atoms with van der Waals surface area (Å²) in [6.45, 7) is 0.347. The fourth-order valence-corrected chi connectivity index (χ4v) is 6.31. The molecule has 1 aromatic carbocycles. The molecule has 4 heterocycles. The fraction of sp³-hybridized carbons (Fsp3) is 0.185. The molecule has 0 bridgehead atoms. The number of hydrogen-bond donors (Lipinski definition) is 6. The van der Waals surface area contributed by atoms with E-state index in [1.807, 2.05) is 0 Å². The predicted molar refractivity (Wildman–Crippen MR) is 159 cm³/mol. The van der Waals surface area contributed by atoms with Gasteiger partial charge < -0.3 is 46.8 Å². The van der Waals surface area contributed by atoms with Crippen molar-refractivity contribution in [3.63, 3.8) is 0 Å². The van der Waals surface area contributed by atoms with Crippen LogP contribution >= 0.6 is 23.1 Å². The molecule has 17 nitrogen and oxygen atoms in total. The van der Waals surface area contributed by atoms with E-state index in [0.29, 0.717) is 17.9 Å². The maximum absolute atomic E-state index is 13.4. The summed E-state index contributed by atoms with van der Waals surface area (Å²) in [6.07, 6.45) is 4.64. The standard InChI is InChI=1S/C27H24N8O9S2/c28-17-5-7-34(11-30-17)6-1-2-13-9-45-24-19(23(39)35(24)20(13)25(40)41)32-22(38)18(14-10-46-27(29)31-14)33-44-21(26(42)43)12-3-4-15(36)16(37)8-12/h1-5,7-8,10-11,19,21,24,28H,6,9H2,(H7,29,31,32,33,36,37,38,40,41,42,43)/b2-1+/t19?,21?,24-/m1/s1. The summed E-state index contributed by atoms with van der Waals surface area (Å²) >= 11 is 2.16. The molecule has 3 atom stereocenters. The number of fused-ring (bicyclic) bond motifs is 1. The lowest BCUT2D eigenvalue weighted by atomic mass is 10.0. The van der Waals surface area contributed by atoms with Gasteiger partial charge in [-0.1, -0.05) is 17.3 Å². The van der Waals surface area contributed by atoms with Gasteiger partial charge in [0.05, 0.1) is 17.9 Å². The van der Waals surface area contributed by atoms with E-state index < -0.39 is 58.5 Å². The van der Waals surface area contributed by atoms with Crippen LogP contribution in [0.1, 0.15) is 17.4 Å². The number of oxime groups is 1. The molecule has 2 amide bonds.